The van der Waals surface area contributed by atoms with Gasteiger partial charge in [-0.3, -0.25) is 4.79 Å². The Morgan fingerprint density at radius 1 is 1.60 bits per heavy atom. The van der Waals surface area contributed by atoms with Crippen LogP contribution in [-0.2, 0) is 6.54 Å². The molecule has 3 rings (SSSR count). The average molecular weight is 277 g/mol. The second-order valence-electron chi connectivity index (χ2n) is 5.10. The maximum Gasteiger partial charge on any atom is 0.256 e. The van der Waals surface area contributed by atoms with Gasteiger partial charge in [0.2, 0.25) is 5.88 Å². The molecule has 0 atom stereocenters. The van der Waals surface area contributed by atoms with Crippen LogP contribution in [0, 0.1) is 0 Å². The highest BCUT2D eigenvalue weighted by Gasteiger charge is 2.38. The van der Waals surface area contributed by atoms with E-state index in [4.69, 9.17) is 10.5 Å². The molecule has 1 aromatic heterocycles. The maximum absolute atomic E-state index is 12.4. The van der Waals surface area contributed by atoms with E-state index < -0.39 is 0 Å². The van der Waals surface area contributed by atoms with Gasteiger partial charge in [-0.15, -0.1) is 0 Å². The van der Waals surface area contributed by atoms with Crippen molar-refractivity contribution in [3.63, 3.8) is 0 Å². The molecule has 1 aliphatic heterocycles. The van der Waals surface area contributed by atoms with E-state index in [-0.39, 0.29) is 19.1 Å². The molecule has 2 aliphatic rings. The molecular weight excluding hydrogens is 261 g/mol. The van der Waals surface area contributed by atoms with Crippen molar-refractivity contribution in [2.45, 2.75) is 25.4 Å². The van der Waals surface area contributed by atoms with E-state index in [0.29, 0.717) is 35.9 Å². The monoisotopic (exact) mass is 277 g/mol. The summed E-state index contributed by atoms with van der Waals surface area (Å²) < 4.78 is 17.8. The van der Waals surface area contributed by atoms with E-state index >= 15 is 0 Å². The number of hydrogen-bond acceptors (Lipinski definition) is 4. The number of ether oxygens (including phenoxy) is 1. The summed E-state index contributed by atoms with van der Waals surface area (Å²) in [6.07, 6.45) is 4.15. The van der Waals surface area contributed by atoms with Crippen molar-refractivity contribution in [3.05, 3.63) is 35.3 Å². The number of rotatable bonds is 5. The minimum atomic E-state index is 0.0489. The van der Waals surface area contributed by atoms with E-state index in [1.54, 1.807) is 6.07 Å². The van der Waals surface area contributed by atoms with Gasteiger partial charge >= 0.3 is 0 Å². The SMILES string of the molecule is NC/C(=C\F)COc1cc2c(cn1)C(=O)N(C1CC1)C2. The zero-order chi connectivity index (χ0) is 14.1. The number of nitrogens with two attached hydrogens (primary N) is 1. The normalized spacial score (nSPS) is 18.4. The Bertz CT molecular complexity index is 570. The molecule has 6 heteroatoms. The summed E-state index contributed by atoms with van der Waals surface area (Å²) in [7, 11) is 0. The van der Waals surface area contributed by atoms with Crippen LogP contribution >= 0.6 is 0 Å². The van der Waals surface area contributed by atoms with Crippen LogP contribution in [0.3, 0.4) is 0 Å². The molecule has 0 unspecified atom stereocenters. The van der Waals surface area contributed by atoms with Crippen LogP contribution in [0.2, 0.25) is 0 Å². The fourth-order valence-electron chi connectivity index (χ4n) is 2.27. The Morgan fingerprint density at radius 2 is 2.40 bits per heavy atom. The van der Waals surface area contributed by atoms with Gasteiger partial charge in [0, 0.05) is 37.0 Å². The molecule has 1 amide bonds. The molecule has 106 valence electrons. The molecule has 1 aliphatic carbocycles. The average Bonchev–Trinajstić information content (AvgIpc) is 3.25. The third kappa shape index (κ3) is 2.38. The number of amides is 1. The molecule has 0 aromatic carbocycles. The Morgan fingerprint density at radius 3 is 3.05 bits per heavy atom. The van der Waals surface area contributed by atoms with Crippen molar-refractivity contribution in [1.82, 2.24) is 9.88 Å². The predicted molar refractivity (Wildman–Crippen MR) is 70.9 cm³/mol. The smallest absolute Gasteiger partial charge is 0.256 e. The molecule has 20 heavy (non-hydrogen) atoms. The third-order valence-corrected chi connectivity index (χ3v) is 3.61. The molecule has 2 N–H and O–H groups in total. The highest BCUT2D eigenvalue weighted by molar-refractivity contribution is 5.98. The number of carbonyl (C=O) groups excluding carboxylic acids is 1. The Balaban J connectivity index is 1.71. The molecule has 2 heterocycles. The minimum Gasteiger partial charge on any atom is -0.473 e. The van der Waals surface area contributed by atoms with Crippen molar-refractivity contribution < 1.29 is 13.9 Å². The van der Waals surface area contributed by atoms with Gasteiger partial charge in [-0.25, -0.2) is 9.37 Å². The minimum absolute atomic E-state index is 0.0489. The number of halogens is 1. The molecule has 1 fully saturated rings. The first-order valence-electron chi connectivity index (χ1n) is 6.64. The van der Waals surface area contributed by atoms with Gasteiger partial charge in [0.15, 0.2) is 0 Å². The van der Waals surface area contributed by atoms with Gasteiger partial charge in [0.25, 0.3) is 5.91 Å². The van der Waals surface area contributed by atoms with Crippen LogP contribution in [0.1, 0.15) is 28.8 Å². The van der Waals surface area contributed by atoms with Gasteiger partial charge in [0.1, 0.15) is 6.61 Å². The van der Waals surface area contributed by atoms with Crippen molar-refractivity contribution in [1.29, 1.82) is 0 Å². The van der Waals surface area contributed by atoms with E-state index in [1.165, 1.54) is 6.20 Å². The number of nitrogens with zero attached hydrogens (tertiary/aromatic N) is 2. The van der Waals surface area contributed by atoms with Crippen LogP contribution < -0.4 is 10.5 Å². The Kier molecular flexibility index (Phi) is 3.40. The van der Waals surface area contributed by atoms with Crippen LogP contribution in [0.4, 0.5) is 4.39 Å². The fourth-order valence-corrected chi connectivity index (χ4v) is 2.27. The first-order chi connectivity index (χ1) is 9.72. The molecular formula is C14H16FN3O2. The van der Waals surface area contributed by atoms with Gasteiger partial charge in [-0.2, -0.15) is 0 Å². The van der Waals surface area contributed by atoms with E-state index in [0.717, 1.165) is 18.4 Å². The number of carbonyl (C=O) groups is 1. The zero-order valence-electron chi connectivity index (χ0n) is 11.0. The molecule has 1 saturated carbocycles. The molecule has 5 nitrogen and oxygen atoms in total. The zero-order valence-corrected chi connectivity index (χ0v) is 11.0. The van der Waals surface area contributed by atoms with Crippen LogP contribution in [0.15, 0.2) is 24.2 Å². The molecule has 0 radical (unpaired) electrons. The number of pyridine rings is 1. The molecule has 0 spiro atoms. The number of hydrogen-bond donors (Lipinski definition) is 1. The van der Waals surface area contributed by atoms with E-state index in [9.17, 15) is 9.18 Å². The Labute approximate surface area is 116 Å². The van der Waals surface area contributed by atoms with Gasteiger partial charge in [-0.1, -0.05) is 0 Å². The largest absolute Gasteiger partial charge is 0.473 e. The summed E-state index contributed by atoms with van der Waals surface area (Å²) >= 11 is 0. The summed E-state index contributed by atoms with van der Waals surface area (Å²) in [4.78, 5) is 18.1. The summed E-state index contributed by atoms with van der Waals surface area (Å²) in [5.74, 6) is 0.440. The summed E-state index contributed by atoms with van der Waals surface area (Å²) in [5, 5.41) is 0. The van der Waals surface area contributed by atoms with Crippen molar-refractivity contribution in [3.8, 4) is 5.88 Å². The first-order valence-corrected chi connectivity index (χ1v) is 6.64. The lowest BCUT2D eigenvalue weighted by Gasteiger charge is -2.13. The topological polar surface area (TPSA) is 68.5 Å². The lowest BCUT2D eigenvalue weighted by Crippen LogP contribution is -2.25. The number of fused-ring (bicyclic) bond motifs is 1. The standard InChI is InChI=1S/C14H16FN3O2/c15-4-9(5-16)8-20-13-3-10-7-18(11-1-2-11)14(19)12(10)6-17-13/h3-4,6,11H,1-2,5,7-8,16H2/b9-4+. The molecule has 0 bridgehead atoms. The van der Waals surface area contributed by atoms with Gasteiger partial charge < -0.3 is 15.4 Å². The van der Waals surface area contributed by atoms with Crippen LogP contribution in [-0.4, -0.2) is 35.0 Å². The van der Waals surface area contributed by atoms with Crippen LogP contribution in [0.25, 0.3) is 0 Å². The van der Waals surface area contributed by atoms with E-state index in [1.807, 2.05) is 4.90 Å². The summed E-state index contributed by atoms with van der Waals surface area (Å²) in [5.41, 5.74) is 7.28. The Hall–Kier alpha value is -1.95. The second kappa shape index (κ2) is 5.20. The van der Waals surface area contributed by atoms with Crippen molar-refractivity contribution >= 4 is 5.91 Å². The van der Waals surface area contributed by atoms with E-state index in [2.05, 4.69) is 4.98 Å². The third-order valence-electron chi connectivity index (χ3n) is 3.61. The quantitative estimate of drug-likeness (QED) is 0.883. The van der Waals surface area contributed by atoms with Gasteiger partial charge in [0.05, 0.1) is 11.9 Å². The second-order valence-corrected chi connectivity index (χ2v) is 5.10. The maximum atomic E-state index is 12.4. The van der Waals surface area contributed by atoms with Crippen molar-refractivity contribution in [2.75, 3.05) is 13.2 Å². The lowest BCUT2D eigenvalue weighted by atomic mass is 10.2. The highest BCUT2D eigenvalue weighted by Crippen LogP contribution is 2.35. The van der Waals surface area contributed by atoms with Crippen molar-refractivity contribution in [2.24, 2.45) is 5.73 Å². The highest BCUT2D eigenvalue weighted by atomic mass is 19.1. The molecule has 0 saturated heterocycles. The summed E-state index contributed by atoms with van der Waals surface area (Å²) in [6.45, 7) is 0.787. The summed E-state index contributed by atoms with van der Waals surface area (Å²) in [6, 6.07) is 2.14. The fraction of sp³-hybridized carbons (Fsp3) is 0.429. The predicted octanol–water partition coefficient (Wildman–Crippen LogP) is 1.39. The first kappa shape index (κ1) is 13.1. The van der Waals surface area contributed by atoms with Crippen LogP contribution in [0.5, 0.6) is 5.88 Å². The number of aromatic nitrogens is 1. The molecule has 1 aromatic rings. The van der Waals surface area contributed by atoms with Gasteiger partial charge in [-0.05, 0) is 18.4 Å². The lowest BCUT2D eigenvalue weighted by molar-refractivity contribution is 0.0766.